The molecule has 0 bridgehead atoms. The Bertz CT molecular complexity index is 720. The van der Waals surface area contributed by atoms with E-state index in [1.165, 1.54) is 6.20 Å². The molecule has 2 aromatic rings. The number of carbonyl (C=O) groups excluding carboxylic acids is 1. The number of benzene rings is 1. The summed E-state index contributed by atoms with van der Waals surface area (Å²) in [6.07, 6.45) is 1.22. The molecule has 0 aliphatic carbocycles. The number of ether oxygens (including phenoxy) is 1. The minimum Gasteiger partial charge on any atom is -0.366 e. The van der Waals surface area contributed by atoms with Gasteiger partial charge in [0.15, 0.2) is 0 Å². The lowest BCUT2D eigenvalue weighted by molar-refractivity contribution is -0.0955. The van der Waals surface area contributed by atoms with Gasteiger partial charge < -0.3 is 19.6 Å². The second-order valence-corrected chi connectivity index (χ2v) is 6.18. The monoisotopic (exact) mass is 315 g/mol. The Hall–Kier alpha value is -2.34. The Labute approximate surface area is 134 Å². The van der Waals surface area contributed by atoms with E-state index in [4.69, 9.17) is 4.74 Å². The topological polar surface area (TPSA) is 78.2 Å². The summed E-state index contributed by atoms with van der Waals surface area (Å²) in [5.41, 5.74) is 0.964. The number of hydrogen-bond donors (Lipinski definition) is 2. The highest BCUT2D eigenvalue weighted by Crippen LogP contribution is 2.28. The first-order chi connectivity index (χ1) is 11.0. The molecule has 1 saturated heterocycles. The third kappa shape index (κ3) is 3.37. The van der Waals surface area contributed by atoms with Crippen LogP contribution in [0, 0.1) is 5.92 Å². The zero-order chi connectivity index (χ0) is 16.4. The molecule has 1 aromatic carbocycles. The van der Waals surface area contributed by atoms with Gasteiger partial charge in [0.1, 0.15) is 11.8 Å². The van der Waals surface area contributed by atoms with Crippen molar-refractivity contribution in [3.05, 3.63) is 58.3 Å². The van der Waals surface area contributed by atoms with Crippen molar-refractivity contribution in [2.75, 3.05) is 13.1 Å². The van der Waals surface area contributed by atoms with Crippen molar-refractivity contribution in [1.82, 2.24) is 14.9 Å². The highest BCUT2D eigenvalue weighted by Gasteiger charge is 2.33. The number of imidazole rings is 1. The Morgan fingerprint density at radius 1 is 1.26 bits per heavy atom. The molecular formula is C17H21N3O3. The van der Waals surface area contributed by atoms with Gasteiger partial charge in [-0.05, 0) is 11.5 Å². The molecule has 2 N–H and O–H groups in total. The van der Waals surface area contributed by atoms with Gasteiger partial charge in [-0.15, -0.1) is 0 Å². The average molecular weight is 315 g/mol. The van der Waals surface area contributed by atoms with Gasteiger partial charge in [-0.3, -0.25) is 4.79 Å². The molecular weight excluding hydrogens is 294 g/mol. The summed E-state index contributed by atoms with van der Waals surface area (Å²) in [5.74, 6) is 0.111. The number of morpholine rings is 1. The summed E-state index contributed by atoms with van der Waals surface area (Å²) in [4.78, 5) is 30.6. The highest BCUT2D eigenvalue weighted by atomic mass is 16.5. The number of hydrogen-bond acceptors (Lipinski definition) is 3. The first-order valence-electron chi connectivity index (χ1n) is 7.82. The summed E-state index contributed by atoms with van der Waals surface area (Å²) >= 11 is 0. The minimum absolute atomic E-state index is 0.0384. The van der Waals surface area contributed by atoms with Crippen LogP contribution in [-0.4, -0.2) is 40.0 Å². The number of carbonyl (C=O) groups is 1. The maximum absolute atomic E-state index is 12.6. The Balaban J connectivity index is 1.84. The van der Waals surface area contributed by atoms with E-state index >= 15 is 0 Å². The fourth-order valence-electron chi connectivity index (χ4n) is 2.79. The fraction of sp³-hybridized carbons (Fsp3) is 0.412. The van der Waals surface area contributed by atoms with E-state index in [0.29, 0.717) is 19.0 Å². The Kier molecular flexibility index (Phi) is 4.34. The molecule has 0 saturated carbocycles. The van der Waals surface area contributed by atoms with Crippen LogP contribution >= 0.6 is 0 Å². The van der Waals surface area contributed by atoms with Crippen LogP contribution < -0.4 is 5.69 Å². The summed E-state index contributed by atoms with van der Waals surface area (Å²) in [6.45, 7) is 5.16. The van der Waals surface area contributed by atoms with Crippen LogP contribution in [0.25, 0.3) is 0 Å². The van der Waals surface area contributed by atoms with Crippen molar-refractivity contribution in [2.45, 2.75) is 26.1 Å². The molecule has 122 valence electrons. The maximum atomic E-state index is 12.6. The van der Waals surface area contributed by atoms with Gasteiger partial charge in [0, 0.05) is 12.7 Å². The average Bonchev–Trinajstić information content (AvgIpc) is 3.01. The number of nitrogens with one attached hydrogen (secondary N) is 2. The standard InChI is InChI=1S/C17H21N3O3/c1-11(2)14-9-20(16(21)13-8-18-17(22)19-13)10-15(23-14)12-6-4-3-5-7-12/h3-8,11,14-15H,9-10H2,1-2H3,(H2,18,19,22)/t14-,15+/m1/s1. The van der Waals surface area contributed by atoms with Crippen molar-refractivity contribution in [2.24, 2.45) is 5.92 Å². The number of aromatic nitrogens is 2. The molecule has 1 aliphatic heterocycles. The van der Waals surface area contributed by atoms with Gasteiger partial charge in [0.2, 0.25) is 0 Å². The van der Waals surface area contributed by atoms with Gasteiger partial charge in [0.05, 0.1) is 12.6 Å². The Morgan fingerprint density at radius 2 is 2.00 bits per heavy atom. The molecule has 2 atom stereocenters. The fourth-order valence-corrected chi connectivity index (χ4v) is 2.79. The summed E-state index contributed by atoms with van der Waals surface area (Å²) in [5, 5.41) is 0. The van der Waals surface area contributed by atoms with Crippen LogP contribution in [0.3, 0.4) is 0 Å². The molecule has 1 aliphatic rings. The van der Waals surface area contributed by atoms with Gasteiger partial charge in [-0.1, -0.05) is 44.2 Å². The van der Waals surface area contributed by atoms with Crippen LogP contribution in [0.15, 0.2) is 41.3 Å². The molecule has 0 radical (unpaired) electrons. The molecule has 0 spiro atoms. The lowest BCUT2D eigenvalue weighted by Gasteiger charge is -2.39. The van der Waals surface area contributed by atoms with Gasteiger partial charge in [-0.2, -0.15) is 0 Å². The first-order valence-corrected chi connectivity index (χ1v) is 7.82. The first kappa shape index (κ1) is 15.6. The van der Waals surface area contributed by atoms with E-state index in [-0.39, 0.29) is 29.5 Å². The summed E-state index contributed by atoms with van der Waals surface area (Å²) in [6, 6.07) is 9.91. The summed E-state index contributed by atoms with van der Waals surface area (Å²) < 4.78 is 6.18. The number of rotatable bonds is 3. The third-order valence-electron chi connectivity index (χ3n) is 4.15. The SMILES string of the molecule is CC(C)[C@H]1CN(C(=O)c2c[nH]c(=O)[nH]2)C[C@@H](c2ccccc2)O1. The minimum atomic E-state index is -0.373. The van der Waals surface area contributed by atoms with Gasteiger partial charge >= 0.3 is 5.69 Å². The van der Waals surface area contributed by atoms with Crippen LogP contribution in [0.2, 0.25) is 0 Å². The largest absolute Gasteiger partial charge is 0.366 e. The number of aromatic amines is 2. The van der Waals surface area contributed by atoms with Crippen molar-refractivity contribution < 1.29 is 9.53 Å². The van der Waals surface area contributed by atoms with Crippen LogP contribution in [0.4, 0.5) is 0 Å². The maximum Gasteiger partial charge on any atom is 0.323 e. The smallest absolute Gasteiger partial charge is 0.323 e. The van der Waals surface area contributed by atoms with Crippen molar-refractivity contribution in [3.8, 4) is 0 Å². The van der Waals surface area contributed by atoms with E-state index in [1.807, 2.05) is 30.3 Å². The molecule has 1 fully saturated rings. The van der Waals surface area contributed by atoms with E-state index in [0.717, 1.165) is 5.56 Å². The van der Waals surface area contributed by atoms with Crippen LogP contribution in [0.5, 0.6) is 0 Å². The Morgan fingerprint density at radius 3 is 2.61 bits per heavy atom. The molecule has 1 aromatic heterocycles. The van der Waals surface area contributed by atoms with Crippen molar-refractivity contribution in [3.63, 3.8) is 0 Å². The quantitative estimate of drug-likeness (QED) is 0.908. The van der Waals surface area contributed by atoms with E-state index in [9.17, 15) is 9.59 Å². The zero-order valence-electron chi connectivity index (χ0n) is 13.3. The van der Waals surface area contributed by atoms with Crippen molar-refractivity contribution >= 4 is 5.91 Å². The summed E-state index contributed by atoms with van der Waals surface area (Å²) in [7, 11) is 0. The predicted molar refractivity (Wildman–Crippen MR) is 86.2 cm³/mol. The molecule has 2 heterocycles. The molecule has 23 heavy (non-hydrogen) atoms. The molecule has 0 unspecified atom stereocenters. The van der Waals surface area contributed by atoms with E-state index in [1.54, 1.807) is 4.90 Å². The lowest BCUT2D eigenvalue weighted by Crippen LogP contribution is -2.48. The van der Waals surface area contributed by atoms with E-state index < -0.39 is 0 Å². The number of amides is 1. The third-order valence-corrected chi connectivity index (χ3v) is 4.15. The van der Waals surface area contributed by atoms with Gasteiger partial charge in [0.25, 0.3) is 5.91 Å². The van der Waals surface area contributed by atoms with E-state index in [2.05, 4.69) is 23.8 Å². The molecule has 3 rings (SSSR count). The predicted octanol–water partition coefficient (Wildman–Crippen LogP) is 1.94. The normalized spacial score (nSPS) is 21.6. The van der Waals surface area contributed by atoms with Crippen LogP contribution in [-0.2, 0) is 4.74 Å². The van der Waals surface area contributed by atoms with Crippen molar-refractivity contribution in [1.29, 1.82) is 0 Å². The second-order valence-electron chi connectivity index (χ2n) is 6.18. The number of H-pyrrole nitrogens is 2. The zero-order valence-corrected chi connectivity index (χ0v) is 13.3. The molecule has 6 heteroatoms. The van der Waals surface area contributed by atoms with Gasteiger partial charge in [-0.25, -0.2) is 4.79 Å². The molecule has 1 amide bonds. The number of nitrogens with zero attached hydrogens (tertiary/aromatic N) is 1. The molecule has 6 nitrogen and oxygen atoms in total. The lowest BCUT2D eigenvalue weighted by atomic mass is 10.0. The second kappa shape index (κ2) is 6.42. The van der Waals surface area contributed by atoms with Crippen LogP contribution in [0.1, 0.15) is 36.0 Å². The highest BCUT2D eigenvalue weighted by molar-refractivity contribution is 5.92.